The van der Waals surface area contributed by atoms with Crippen LogP contribution in [0.2, 0.25) is 0 Å². The number of amides is 1. The number of carbonyl (C=O) groups excluding carboxylic acids is 1. The Kier molecular flexibility index (Phi) is 8.24. The van der Waals surface area contributed by atoms with Crippen molar-refractivity contribution in [2.24, 2.45) is 0 Å². The molecule has 5 nitrogen and oxygen atoms in total. The van der Waals surface area contributed by atoms with Crippen molar-refractivity contribution in [2.45, 2.75) is 31.9 Å². The Bertz CT molecular complexity index is 447. The maximum atomic E-state index is 12.1. The molecule has 6 heteroatoms. The summed E-state index contributed by atoms with van der Waals surface area (Å²) >= 11 is 0. The van der Waals surface area contributed by atoms with Crippen LogP contribution in [0.4, 0.5) is 0 Å². The number of hydrogen-bond donors (Lipinski definition) is 2. The molecule has 1 aromatic carbocycles. The predicted octanol–water partition coefficient (Wildman–Crippen LogP) is 2.06. The van der Waals surface area contributed by atoms with E-state index in [-0.39, 0.29) is 30.5 Å². The molecule has 0 bridgehead atoms. The zero-order valence-corrected chi connectivity index (χ0v) is 13.9. The topological polar surface area (TPSA) is 59.6 Å². The first-order valence-electron chi connectivity index (χ1n) is 7.48. The first-order chi connectivity index (χ1) is 10.2. The van der Waals surface area contributed by atoms with Crippen molar-refractivity contribution in [3.05, 3.63) is 29.8 Å². The summed E-state index contributed by atoms with van der Waals surface area (Å²) in [6.07, 6.45) is 1.23. The van der Waals surface area contributed by atoms with Crippen LogP contribution in [0.5, 0.6) is 5.75 Å². The monoisotopic (exact) mass is 328 g/mol. The van der Waals surface area contributed by atoms with Gasteiger partial charge in [0.05, 0.1) is 32.3 Å². The fourth-order valence-corrected chi connectivity index (χ4v) is 2.47. The third-order valence-corrected chi connectivity index (χ3v) is 3.68. The summed E-state index contributed by atoms with van der Waals surface area (Å²) in [7, 11) is 1.65. The normalized spacial score (nSPS) is 18.9. The van der Waals surface area contributed by atoms with Gasteiger partial charge in [0, 0.05) is 13.1 Å². The highest BCUT2D eigenvalue weighted by molar-refractivity contribution is 5.85. The quantitative estimate of drug-likeness (QED) is 0.839. The Morgan fingerprint density at radius 3 is 2.73 bits per heavy atom. The molecule has 2 atom stereocenters. The minimum absolute atomic E-state index is 0. The van der Waals surface area contributed by atoms with Crippen molar-refractivity contribution in [3.63, 3.8) is 0 Å². The molecular weight excluding hydrogens is 304 g/mol. The van der Waals surface area contributed by atoms with Crippen molar-refractivity contribution in [1.82, 2.24) is 10.6 Å². The van der Waals surface area contributed by atoms with Gasteiger partial charge in [0.25, 0.3) is 0 Å². The summed E-state index contributed by atoms with van der Waals surface area (Å²) in [6, 6.07) is 7.84. The van der Waals surface area contributed by atoms with Gasteiger partial charge < -0.3 is 20.1 Å². The number of methoxy groups -OCH3 is 1. The van der Waals surface area contributed by atoms with E-state index in [0.717, 1.165) is 30.8 Å². The van der Waals surface area contributed by atoms with Crippen LogP contribution in [0.1, 0.15) is 31.4 Å². The van der Waals surface area contributed by atoms with Crippen LogP contribution in [0.3, 0.4) is 0 Å². The molecule has 1 heterocycles. The molecule has 0 saturated carbocycles. The summed E-state index contributed by atoms with van der Waals surface area (Å²) in [6.45, 7) is 4.34. The summed E-state index contributed by atoms with van der Waals surface area (Å²) in [5, 5.41) is 6.31. The van der Waals surface area contributed by atoms with Crippen LogP contribution >= 0.6 is 12.4 Å². The van der Waals surface area contributed by atoms with Crippen LogP contribution in [0, 0.1) is 0 Å². The minimum Gasteiger partial charge on any atom is -0.497 e. The Morgan fingerprint density at radius 2 is 2.18 bits per heavy atom. The lowest BCUT2D eigenvalue weighted by atomic mass is 10.0. The summed E-state index contributed by atoms with van der Waals surface area (Å²) < 4.78 is 10.7. The van der Waals surface area contributed by atoms with Gasteiger partial charge >= 0.3 is 0 Å². The molecule has 124 valence electrons. The van der Waals surface area contributed by atoms with Gasteiger partial charge in [-0.25, -0.2) is 0 Å². The number of benzene rings is 1. The zero-order chi connectivity index (χ0) is 15.1. The van der Waals surface area contributed by atoms with Crippen LogP contribution in [-0.2, 0) is 9.53 Å². The molecule has 0 aliphatic carbocycles. The molecule has 2 rings (SSSR count). The second-order valence-electron chi connectivity index (χ2n) is 5.20. The van der Waals surface area contributed by atoms with Crippen molar-refractivity contribution in [1.29, 1.82) is 0 Å². The molecule has 1 saturated heterocycles. The zero-order valence-electron chi connectivity index (χ0n) is 13.1. The smallest absolute Gasteiger partial charge is 0.223 e. The lowest BCUT2D eigenvalue weighted by Crippen LogP contribution is -2.41. The SMILES string of the molecule is CCC(NC(=O)CC1CNCCO1)c1ccc(OC)cc1.Cl. The minimum atomic E-state index is -0.0212. The molecule has 1 aliphatic rings. The fourth-order valence-electron chi connectivity index (χ4n) is 2.47. The number of nitrogens with one attached hydrogen (secondary N) is 2. The maximum Gasteiger partial charge on any atom is 0.223 e. The average molecular weight is 329 g/mol. The molecule has 0 spiro atoms. The lowest BCUT2D eigenvalue weighted by molar-refractivity contribution is -0.125. The van der Waals surface area contributed by atoms with Crippen molar-refractivity contribution >= 4 is 18.3 Å². The highest BCUT2D eigenvalue weighted by atomic mass is 35.5. The standard InChI is InChI=1S/C16H24N2O3.ClH/c1-3-15(12-4-6-13(20-2)7-5-12)18-16(19)10-14-11-17-8-9-21-14;/h4-7,14-15,17H,3,8-11H2,1-2H3,(H,18,19);1H. The van der Waals surface area contributed by atoms with E-state index in [4.69, 9.17) is 9.47 Å². The number of hydrogen-bond acceptors (Lipinski definition) is 4. The third kappa shape index (κ3) is 5.48. The second-order valence-corrected chi connectivity index (χ2v) is 5.20. The number of halogens is 1. The summed E-state index contributed by atoms with van der Waals surface area (Å²) in [4.78, 5) is 12.1. The number of rotatable bonds is 6. The number of carbonyl (C=O) groups is 1. The Balaban J connectivity index is 0.00000242. The molecule has 1 amide bonds. The van der Waals surface area contributed by atoms with E-state index in [1.54, 1.807) is 7.11 Å². The molecule has 1 aliphatic heterocycles. The molecule has 2 N–H and O–H groups in total. The molecule has 1 fully saturated rings. The van der Waals surface area contributed by atoms with Crippen LogP contribution < -0.4 is 15.4 Å². The van der Waals surface area contributed by atoms with Crippen molar-refractivity contribution < 1.29 is 14.3 Å². The lowest BCUT2D eigenvalue weighted by Gasteiger charge is -2.24. The van der Waals surface area contributed by atoms with Gasteiger partial charge in [-0.15, -0.1) is 12.4 Å². The molecule has 2 unspecified atom stereocenters. The van der Waals surface area contributed by atoms with Crippen molar-refractivity contribution in [3.8, 4) is 5.75 Å². The van der Waals surface area contributed by atoms with Gasteiger partial charge in [-0.05, 0) is 24.1 Å². The first kappa shape index (κ1) is 18.7. The molecule has 0 aromatic heterocycles. The summed E-state index contributed by atoms with van der Waals surface area (Å²) in [5.74, 6) is 0.855. The highest BCUT2D eigenvalue weighted by Crippen LogP contribution is 2.20. The van der Waals surface area contributed by atoms with E-state index in [1.807, 2.05) is 24.3 Å². The number of ether oxygens (including phenoxy) is 2. The highest BCUT2D eigenvalue weighted by Gasteiger charge is 2.19. The van der Waals surface area contributed by atoms with E-state index in [2.05, 4.69) is 17.6 Å². The third-order valence-electron chi connectivity index (χ3n) is 3.68. The van der Waals surface area contributed by atoms with E-state index in [9.17, 15) is 4.79 Å². The Labute approximate surface area is 138 Å². The van der Waals surface area contributed by atoms with E-state index >= 15 is 0 Å². The van der Waals surface area contributed by atoms with Gasteiger partial charge in [-0.3, -0.25) is 4.79 Å². The maximum absolute atomic E-state index is 12.1. The largest absolute Gasteiger partial charge is 0.497 e. The Hall–Kier alpha value is -1.30. The van der Waals surface area contributed by atoms with E-state index in [0.29, 0.717) is 13.0 Å². The van der Waals surface area contributed by atoms with Crippen LogP contribution in [0.15, 0.2) is 24.3 Å². The Morgan fingerprint density at radius 1 is 1.45 bits per heavy atom. The van der Waals surface area contributed by atoms with Gasteiger partial charge in [0.15, 0.2) is 0 Å². The van der Waals surface area contributed by atoms with Crippen LogP contribution in [0.25, 0.3) is 0 Å². The molecule has 1 aromatic rings. The average Bonchev–Trinajstić information content (AvgIpc) is 2.53. The van der Waals surface area contributed by atoms with Gasteiger partial charge in [0.2, 0.25) is 5.91 Å². The molecule has 0 radical (unpaired) electrons. The molecular formula is C16H25ClN2O3. The van der Waals surface area contributed by atoms with Gasteiger partial charge in [-0.1, -0.05) is 19.1 Å². The summed E-state index contributed by atoms with van der Waals surface area (Å²) in [5.41, 5.74) is 1.09. The van der Waals surface area contributed by atoms with Crippen LogP contribution in [-0.4, -0.2) is 38.8 Å². The van der Waals surface area contributed by atoms with E-state index < -0.39 is 0 Å². The molecule has 22 heavy (non-hydrogen) atoms. The fraction of sp³-hybridized carbons (Fsp3) is 0.562. The van der Waals surface area contributed by atoms with Crippen molar-refractivity contribution in [2.75, 3.05) is 26.8 Å². The second kappa shape index (κ2) is 9.66. The first-order valence-corrected chi connectivity index (χ1v) is 7.48. The number of morpholine rings is 1. The van der Waals surface area contributed by atoms with E-state index in [1.165, 1.54) is 0 Å². The van der Waals surface area contributed by atoms with Gasteiger partial charge in [-0.2, -0.15) is 0 Å². The predicted molar refractivity (Wildman–Crippen MR) is 88.6 cm³/mol. The van der Waals surface area contributed by atoms with Gasteiger partial charge in [0.1, 0.15) is 5.75 Å².